The summed E-state index contributed by atoms with van der Waals surface area (Å²) in [5, 5.41) is 1.48. The molecule has 0 aliphatic heterocycles. The monoisotopic (exact) mass is 286 g/mol. The molecule has 0 N–H and O–H groups in total. The molecule has 2 aromatic rings. The van der Waals surface area contributed by atoms with Crippen LogP contribution in [0.15, 0.2) is 66.7 Å². The van der Waals surface area contributed by atoms with Crippen LogP contribution >= 0.6 is 7.37 Å². The Morgan fingerprint density at radius 2 is 1.75 bits per heavy atom. The van der Waals surface area contributed by atoms with E-state index in [1.165, 1.54) is 0 Å². The van der Waals surface area contributed by atoms with Crippen molar-refractivity contribution in [1.82, 2.24) is 0 Å². The van der Waals surface area contributed by atoms with Crippen molar-refractivity contribution in [2.45, 2.75) is 13.8 Å². The molecule has 1 atom stereocenters. The molecule has 2 nitrogen and oxygen atoms in total. The molecule has 0 amide bonds. The second kappa shape index (κ2) is 6.69. The topological polar surface area (TPSA) is 26.3 Å². The normalized spacial score (nSPS) is 14.3. The highest BCUT2D eigenvalue weighted by Crippen LogP contribution is 2.44. The molecule has 0 fully saturated rings. The molecular formula is C17H19O2P. The van der Waals surface area contributed by atoms with Crippen LogP contribution < -0.4 is 10.6 Å². The van der Waals surface area contributed by atoms with Gasteiger partial charge in [-0.05, 0) is 38.1 Å². The van der Waals surface area contributed by atoms with Gasteiger partial charge in [-0.25, -0.2) is 0 Å². The summed E-state index contributed by atoms with van der Waals surface area (Å²) in [5.41, 5.74) is 1.08. The number of allylic oxidation sites excluding steroid dienone is 1. The lowest BCUT2D eigenvalue weighted by Gasteiger charge is -2.19. The SMILES string of the molecule is CC=CCOP(=O)(c1ccccc1)c1cccc(C)c1. The second-order valence-electron chi connectivity index (χ2n) is 4.59. The molecule has 104 valence electrons. The lowest BCUT2D eigenvalue weighted by molar-refractivity contribution is 0.368. The summed E-state index contributed by atoms with van der Waals surface area (Å²) in [5.74, 6) is 0. The molecule has 0 aromatic heterocycles. The van der Waals surface area contributed by atoms with Crippen molar-refractivity contribution in [2.24, 2.45) is 0 Å². The summed E-state index contributed by atoms with van der Waals surface area (Å²) < 4.78 is 19.2. The van der Waals surface area contributed by atoms with E-state index in [2.05, 4.69) is 0 Å². The van der Waals surface area contributed by atoms with Crippen LogP contribution in [0.5, 0.6) is 0 Å². The fraction of sp³-hybridized carbons (Fsp3) is 0.176. The molecule has 2 rings (SSSR count). The first kappa shape index (κ1) is 14.8. The third kappa shape index (κ3) is 3.27. The Balaban J connectivity index is 2.46. The zero-order valence-electron chi connectivity index (χ0n) is 11.8. The van der Waals surface area contributed by atoms with Crippen LogP contribution in [0, 0.1) is 6.92 Å². The van der Waals surface area contributed by atoms with Gasteiger partial charge in [0.25, 0.3) is 7.37 Å². The molecule has 0 heterocycles. The van der Waals surface area contributed by atoms with Crippen molar-refractivity contribution in [1.29, 1.82) is 0 Å². The first-order valence-corrected chi connectivity index (χ1v) is 8.28. The lowest BCUT2D eigenvalue weighted by Crippen LogP contribution is -2.18. The highest BCUT2D eigenvalue weighted by atomic mass is 31.2. The average Bonchev–Trinajstić information content (AvgIpc) is 2.48. The Kier molecular flexibility index (Phi) is 4.94. The fourth-order valence-electron chi connectivity index (χ4n) is 1.98. The van der Waals surface area contributed by atoms with Gasteiger partial charge in [0, 0.05) is 10.6 Å². The number of aryl methyl sites for hydroxylation is 1. The van der Waals surface area contributed by atoms with Gasteiger partial charge in [0.15, 0.2) is 0 Å². The molecule has 20 heavy (non-hydrogen) atoms. The molecule has 0 saturated carbocycles. The van der Waals surface area contributed by atoms with Crippen molar-refractivity contribution in [3.8, 4) is 0 Å². The molecule has 1 unspecified atom stereocenters. The summed E-state index contributed by atoms with van der Waals surface area (Å²) in [6.45, 7) is 4.25. The number of hydrogen-bond acceptors (Lipinski definition) is 2. The van der Waals surface area contributed by atoms with E-state index in [1.54, 1.807) is 0 Å². The largest absolute Gasteiger partial charge is 0.318 e. The zero-order valence-corrected chi connectivity index (χ0v) is 12.7. The molecule has 2 aromatic carbocycles. The summed E-state index contributed by atoms with van der Waals surface area (Å²) in [6.07, 6.45) is 3.76. The standard InChI is InChI=1S/C17H19O2P/c1-3-4-13-19-20(18,16-10-6-5-7-11-16)17-12-8-9-15(2)14-17/h3-12,14H,13H2,1-2H3. The van der Waals surface area contributed by atoms with Crippen molar-refractivity contribution >= 4 is 18.0 Å². The van der Waals surface area contributed by atoms with E-state index in [0.29, 0.717) is 6.61 Å². The predicted molar refractivity (Wildman–Crippen MR) is 85.3 cm³/mol. The number of benzene rings is 2. The van der Waals surface area contributed by atoms with Crippen LogP contribution in [-0.4, -0.2) is 6.61 Å². The van der Waals surface area contributed by atoms with E-state index in [1.807, 2.05) is 80.6 Å². The highest BCUT2D eigenvalue weighted by Gasteiger charge is 2.28. The quantitative estimate of drug-likeness (QED) is 0.617. The molecule has 0 radical (unpaired) electrons. The van der Waals surface area contributed by atoms with Gasteiger partial charge >= 0.3 is 0 Å². The zero-order chi connectivity index (χ0) is 14.4. The average molecular weight is 286 g/mol. The summed E-state index contributed by atoms with van der Waals surface area (Å²) in [6, 6.07) is 17.1. The van der Waals surface area contributed by atoms with Crippen LogP contribution in [0.3, 0.4) is 0 Å². The van der Waals surface area contributed by atoms with Crippen LogP contribution in [-0.2, 0) is 9.09 Å². The van der Waals surface area contributed by atoms with Crippen LogP contribution in [0.1, 0.15) is 12.5 Å². The maximum atomic E-state index is 13.4. The Morgan fingerprint density at radius 1 is 1.05 bits per heavy atom. The van der Waals surface area contributed by atoms with Gasteiger partial charge in [0.2, 0.25) is 0 Å². The second-order valence-corrected chi connectivity index (χ2v) is 6.98. The Bertz CT molecular complexity index is 632. The van der Waals surface area contributed by atoms with Gasteiger partial charge in [-0.15, -0.1) is 0 Å². The van der Waals surface area contributed by atoms with E-state index >= 15 is 0 Å². The third-order valence-corrected chi connectivity index (χ3v) is 5.47. The van der Waals surface area contributed by atoms with Crippen LogP contribution in [0.4, 0.5) is 0 Å². The molecule has 0 bridgehead atoms. The molecule has 0 saturated heterocycles. The first-order valence-electron chi connectivity index (χ1n) is 6.65. The van der Waals surface area contributed by atoms with Gasteiger partial charge in [0.1, 0.15) is 0 Å². The minimum absolute atomic E-state index is 0.344. The van der Waals surface area contributed by atoms with E-state index in [-0.39, 0.29) is 0 Å². The molecule has 0 spiro atoms. The van der Waals surface area contributed by atoms with Crippen molar-refractivity contribution in [3.63, 3.8) is 0 Å². The lowest BCUT2D eigenvalue weighted by atomic mass is 10.2. The minimum Gasteiger partial charge on any atom is -0.318 e. The van der Waals surface area contributed by atoms with Crippen molar-refractivity contribution in [3.05, 3.63) is 72.3 Å². The molecular weight excluding hydrogens is 267 g/mol. The maximum Gasteiger partial charge on any atom is 0.261 e. The van der Waals surface area contributed by atoms with Crippen LogP contribution in [0.2, 0.25) is 0 Å². The summed E-state index contributed by atoms with van der Waals surface area (Å²) in [4.78, 5) is 0. The predicted octanol–water partition coefficient (Wildman–Crippen LogP) is 3.82. The third-order valence-electron chi connectivity index (χ3n) is 3.03. The Labute approximate surface area is 120 Å². The summed E-state index contributed by atoms with van der Waals surface area (Å²) in [7, 11) is -3.03. The number of hydrogen-bond donors (Lipinski definition) is 0. The Hall–Kier alpha value is -1.63. The number of rotatable bonds is 5. The molecule has 0 aliphatic rings. The summed E-state index contributed by atoms with van der Waals surface area (Å²) >= 11 is 0. The van der Waals surface area contributed by atoms with Crippen molar-refractivity contribution in [2.75, 3.05) is 6.61 Å². The van der Waals surface area contributed by atoms with Gasteiger partial charge in [-0.1, -0.05) is 48.0 Å². The first-order chi connectivity index (χ1) is 9.66. The van der Waals surface area contributed by atoms with E-state index in [0.717, 1.165) is 16.2 Å². The van der Waals surface area contributed by atoms with E-state index < -0.39 is 7.37 Å². The van der Waals surface area contributed by atoms with Crippen LogP contribution in [0.25, 0.3) is 0 Å². The minimum atomic E-state index is -3.03. The van der Waals surface area contributed by atoms with Crippen molar-refractivity contribution < 1.29 is 9.09 Å². The maximum absolute atomic E-state index is 13.4. The molecule has 0 aliphatic carbocycles. The van der Waals surface area contributed by atoms with E-state index in [4.69, 9.17) is 4.52 Å². The highest BCUT2D eigenvalue weighted by molar-refractivity contribution is 7.74. The van der Waals surface area contributed by atoms with Gasteiger partial charge in [-0.2, -0.15) is 0 Å². The van der Waals surface area contributed by atoms with Gasteiger partial charge in [0.05, 0.1) is 6.61 Å². The van der Waals surface area contributed by atoms with Gasteiger partial charge < -0.3 is 4.52 Å². The molecule has 3 heteroatoms. The fourth-order valence-corrected chi connectivity index (χ4v) is 4.09. The van der Waals surface area contributed by atoms with Gasteiger partial charge in [-0.3, -0.25) is 4.57 Å². The Morgan fingerprint density at radius 3 is 2.40 bits per heavy atom. The smallest absolute Gasteiger partial charge is 0.261 e. The van der Waals surface area contributed by atoms with E-state index in [9.17, 15) is 4.57 Å².